The van der Waals surface area contributed by atoms with Gasteiger partial charge in [0.15, 0.2) is 0 Å². The van der Waals surface area contributed by atoms with Gasteiger partial charge in [-0.3, -0.25) is 9.48 Å². The van der Waals surface area contributed by atoms with Crippen molar-refractivity contribution in [3.05, 3.63) is 42.2 Å². The lowest BCUT2D eigenvalue weighted by Gasteiger charge is -2.08. The van der Waals surface area contributed by atoms with Crippen LogP contribution in [0.15, 0.2) is 36.7 Å². The molecule has 21 heavy (non-hydrogen) atoms. The molecule has 2 aromatic rings. The summed E-state index contributed by atoms with van der Waals surface area (Å²) in [6.07, 6.45) is 5.94. The second-order valence-electron chi connectivity index (χ2n) is 5.40. The van der Waals surface area contributed by atoms with E-state index in [-0.39, 0.29) is 11.8 Å². The average molecular weight is 284 g/mol. The molecule has 1 aromatic heterocycles. The van der Waals surface area contributed by atoms with E-state index in [9.17, 15) is 4.79 Å². The predicted molar refractivity (Wildman–Crippen MR) is 83.0 cm³/mol. The maximum atomic E-state index is 11.8. The molecule has 1 aliphatic rings. The highest BCUT2D eigenvalue weighted by molar-refractivity contribution is 5.94. The number of amides is 1. The van der Waals surface area contributed by atoms with Gasteiger partial charge in [-0.15, -0.1) is 0 Å². The van der Waals surface area contributed by atoms with E-state index in [1.165, 1.54) is 0 Å². The van der Waals surface area contributed by atoms with Gasteiger partial charge in [-0.1, -0.05) is 6.07 Å². The van der Waals surface area contributed by atoms with E-state index in [0.717, 1.165) is 42.9 Å². The minimum absolute atomic E-state index is 0.136. The Balaban J connectivity index is 1.58. The summed E-state index contributed by atoms with van der Waals surface area (Å²) in [5, 5.41) is 10.6. The van der Waals surface area contributed by atoms with Crippen LogP contribution in [0.1, 0.15) is 25.3 Å². The zero-order valence-corrected chi connectivity index (χ0v) is 12.2. The van der Waals surface area contributed by atoms with Crippen LogP contribution >= 0.6 is 0 Å². The van der Waals surface area contributed by atoms with E-state index in [0.29, 0.717) is 0 Å². The molecule has 0 saturated heterocycles. The highest BCUT2D eigenvalue weighted by Gasteiger charge is 2.29. The molecule has 3 rings (SSSR count). The quantitative estimate of drug-likeness (QED) is 0.857. The molecule has 5 nitrogen and oxygen atoms in total. The van der Waals surface area contributed by atoms with Gasteiger partial charge in [0.2, 0.25) is 5.91 Å². The topological polar surface area (TPSA) is 59.0 Å². The summed E-state index contributed by atoms with van der Waals surface area (Å²) in [6, 6.07) is 7.82. The number of anilines is 2. The van der Waals surface area contributed by atoms with Crippen LogP contribution < -0.4 is 10.6 Å². The number of benzene rings is 1. The highest BCUT2D eigenvalue weighted by Crippen LogP contribution is 2.30. The maximum absolute atomic E-state index is 11.8. The van der Waals surface area contributed by atoms with E-state index in [2.05, 4.69) is 22.7 Å². The minimum atomic E-state index is 0.136. The predicted octanol–water partition coefficient (Wildman–Crippen LogP) is 2.86. The van der Waals surface area contributed by atoms with Crippen LogP contribution in [0.25, 0.3) is 0 Å². The molecule has 0 radical (unpaired) electrons. The monoisotopic (exact) mass is 284 g/mol. The van der Waals surface area contributed by atoms with Crippen molar-refractivity contribution >= 4 is 17.3 Å². The smallest absolute Gasteiger partial charge is 0.227 e. The number of hydrogen-bond acceptors (Lipinski definition) is 3. The molecular formula is C16H20N4O. The number of aryl methyl sites for hydroxylation is 1. The van der Waals surface area contributed by atoms with Gasteiger partial charge < -0.3 is 10.6 Å². The number of nitrogens with zero attached hydrogens (tertiary/aromatic N) is 2. The third-order valence-electron chi connectivity index (χ3n) is 3.59. The fourth-order valence-corrected chi connectivity index (χ4v) is 2.17. The normalized spacial score (nSPS) is 14.0. The fraction of sp³-hybridized carbons (Fsp3) is 0.375. The zero-order valence-electron chi connectivity index (χ0n) is 12.2. The number of carbonyl (C=O) groups excluding carboxylic acids is 1. The molecule has 1 fully saturated rings. The summed E-state index contributed by atoms with van der Waals surface area (Å²) in [6.45, 7) is 3.67. The first-order valence-corrected chi connectivity index (χ1v) is 7.40. The van der Waals surface area contributed by atoms with Crippen LogP contribution in [0.3, 0.4) is 0 Å². The van der Waals surface area contributed by atoms with Gasteiger partial charge in [0, 0.05) is 42.1 Å². The second-order valence-corrected chi connectivity index (χ2v) is 5.40. The molecule has 1 aliphatic carbocycles. The summed E-state index contributed by atoms with van der Waals surface area (Å²) in [4.78, 5) is 11.8. The molecule has 0 bridgehead atoms. The highest BCUT2D eigenvalue weighted by atomic mass is 16.2. The standard InChI is InChI=1S/C16H20N4O/c1-2-20-11-12(10-18-20)9-17-14-4-3-5-15(8-14)19-16(21)13-6-7-13/h3-5,8,10-11,13,17H,2,6-7,9H2,1H3,(H,19,21). The van der Waals surface area contributed by atoms with Crippen molar-refractivity contribution in [2.24, 2.45) is 5.92 Å². The van der Waals surface area contributed by atoms with Crippen LogP contribution in [0.4, 0.5) is 11.4 Å². The molecular weight excluding hydrogens is 264 g/mol. The van der Waals surface area contributed by atoms with Gasteiger partial charge >= 0.3 is 0 Å². The number of aromatic nitrogens is 2. The zero-order chi connectivity index (χ0) is 14.7. The van der Waals surface area contributed by atoms with Crippen LogP contribution in [-0.2, 0) is 17.9 Å². The van der Waals surface area contributed by atoms with E-state index >= 15 is 0 Å². The summed E-state index contributed by atoms with van der Waals surface area (Å²) in [5.41, 5.74) is 2.98. The molecule has 1 aromatic carbocycles. The summed E-state index contributed by atoms with van der Waals surface area (Å²) in [5.74, 6) is 0.359. The number of nitrogens with one attached hydrogen (secondary N) is 2. The van der Waals surface area contributed by atoms with E-state index < -0.39 is 0 Å². The van der Waals surface area contributed by atoms with Crippen LogP contribution in [0.2, 0.25) is 0 Å². The van der Waals surface area contributed by atoms with Gasteiger partial charge in [-0.2, -0.15) is 5.10 Å². The van der Waals surface area contributed by atoms with E-state index in [4.69, 9.17) is 0 Å². The fourth-order valence-electron chi connectivity index (χ4n) is 2.17. The Labute approximate surface area is 124 Å². The second kappa shape index (κ2) is 5.99. The van der Waals surface area contributed by atoms with Gasteiger partial charge in [0.05, 0.1) is 6.20 Å². The molecule has 1 heterocycles. The third-order valence-corrected chi connectivity index (χ3v) is 3.59. The molecule has 0 unspecified atom stereocenters. The molecule has 1 amide bonds. The molecule has 1 saturated carbocycles. The largest absolute Gasteiger partial charge is 0.381 e. The lowest BCUT2D eigenvalue weighted by atomic mass is 10.2. The Kier molecular flexibility index (Phi) is 3.90. The molecule has 5 heteroatoms. The van der Waals surface area contributed by atoms with Gasteiger partial charge in [-0.05, 0) is 38.0 Å². The first kappa shape index (κ1) is 13.7. The van der Waals surface area contributed by atoms with Crippen LogP contribution in [0.5, 0.6) is 0 Å². The van der Waals surface area contributed by atoms with E-state index in [1.54, 1.807) is 0 Å². The molecule has 2 N–H and O–H groups in total. The third kappa shape index (κ3) is 3.62. The Bertz CT molecular complexity index is 631. The minimum Gasteiger partial charge on any atom is -0.381 e. The number of rotatable bonds is 6. The van der Waals surface area contributed by atoms with Crippen molar-refractivity contribution in [1.29, 1.82) is 0 Å². The van der Waals surface area contributed by atoms with Crippen molar-refractivity contribution in [2.45, 2.75) is 32.9 Å². The van der Waals surface area contributed by atoms with Crippen molar-refractivity contribution in [1.82, 2.24) is 9.78 Å². The van der Waals surface area contributed by atoms with Crippen molar-refractivity contribution < 1.29 is 4.79 Å². The summed E-state index contributed by atoms with van der Waals surface area (Å²) >= 11 is 0. The maximum Gasteiger partial charge on any atom is 0.227 e. The summed E-state index contributed by atoms with van der Waals surface area (Å²) < 4.78 is 1.91. The molecule has 0 aliphatic heterocycles. The molecule has 0 spiro atoms. The molecule has 0 atom stereocenters. The van der Waals surface area contributed by atoms with Crippen LogP contribution in [-0.4, -0.2) is 15.7 Å². The SMILES string of the molecule is CCn1cc(CNc2cccc(NC(=O)C3CC3)c2)cn1. The summed E-state index contributed by atoms with van der Waals surface area (Å²) in [7, 11) is 0. The Morgan fingerprint density at radius 3 is 2.90 bits per heavy atom. The first-order valence-electron chi connectivity index (χ1n) is 7.40. The Hall–Kier alpha value is -2.30. The van der Waals surface area contributed by atoms with Crippen molar-refractivity contribution in [3.63, 3.8) is 0 Å². The van der Waals surface area contributed by atoms with Crippen molar-refractivity contribution in [3.8, 4) is 0 Å². The first-order chi connectivity index (χ1) is 10.2. The Morgan fingerprint density at radius 2 is 2.19 bits per heavy atom. The van der Waals surface area contributed by atoms with Gasteiger partial charge in [-0.25, -0.2) is 0 Å². The lowest BCUT2D eigenvalue weighted by Crippen LogP contribution is -2.13. The van der Waals surface area contributed by atoms with Gasteiger partial charge in [0.25, 0.3) is 0 Å². The average Bonchev–Trinajstić information content (AvgIpc) is 3.25. The van der Waals surface area contributed by atoms with Gasteiger partial charge in [0.1, 0.15) is 0 Å². The Morgan fingerprint density at radius 1 is 1.38 bits per heavy atom. The molecule has 110 valence electrons. The lowest BCUT2D eigenvalue weighted by molar-refractivity contribution is -0.117. The van der Waals surface area contributed by atoms with Crippen LogP contribution in [0, 0.1) is 5.92 Å². The van der Waals surface area contributed by atoms with E-state index in [1.807, 2.05) is 41.3 Å². The van der Waals surface area contributed by atoms with Crippen molar-refractivity contribution in [2.75, 3.05) is 10.6 Å². The number of carbonyl (C=O) groups is 1. The number of hydrogen-bond donors (Lipinski definition) is 2.